The minimum Gasteiger partial charge on any atom is -0.493 e. The molecule has 156 valence electrons. The lowest BCUT2D eigenvalue weighted by Crippen LogP contribution is -2.38. The Morgan fingerprint density at radius 3 is 2.72 bits per heavy atom. The number of halogens is 1. The van der Waals surface area contributed by atoms with Gasteiger partial charge in [-0.3, -0.25) is 4.99 Å². The number of para-hydroxylation sites is 1. The zero-order valence-corrected chi connectivity index (χ0v) is 17.8. The van der Waals surface area contributed by atoms with E-state index in [9.17, 15) is 0 Å². The van der Waals surface area contributed by atoms with Crippen molar-refractivity contribution in [2.45, 2.75) is 44.8 Å². The van der Waals surface area contributed by atoms with Crippen LogP contribution in [0, 0.1) is 0 Å². The van der Waals surface area contributed by atoms with Crippen LogP contribution in [-0.4, -0.2) is 37.7 Å². The summed E-state index contributed by atoms with van der Waals surface area (Å²) in [6, 6.07) is 9.78. The van der Waals surface area contributed by atoms with Crippen LogP contribution < -0.4 is 20.1 Å². The van der Waals surface area contributed by atoms with Crippen molar-refractivity contribution in [3.05, 3.63) is 52.8 Å². The number of pyridine rings is 1. The van der Waals surface area contributed by atoms with Crippen LogP contribution in [0.4, 0.5) is 0 Å². The van der Waals surface area contributed by atoms with Gasteiger partial charge in [-0.15, -0.1) is 0 Å². The van der Waals surface area contributed by atoms with Gasteiger partial charge in [-0.25, -0.2) is 4.98 Å². The maximum absolute atomic E-state index is 6.30. The first-order chi connectivity index (χ1) is 14.2. The first-order valence-corrected chi connectivity index (χ1v) is 10.4. The normalized spacial score (nSPS) is 14.7. The molecule has 1 fully saturated rings. The van der Waals surface area contributed by atoms with E-state index in [2.05, 4.69) is 26.7 Å². The summed E-state index contributed by atoms with van der Waals surface area (Å²) < 4.78 is 11.8. The molecule has 1 heterocycles. The summed E-state index contributed by atoms with van der Waals surface area (Å²) in [5.41, 5.74) is 2.18. The topological polar surface area (TPSA) is 67.8 Å². The van der Waals surface area contributed by atoms with Gasteiger partial charge in [0.2, 0.25) is 0 Å². The number of rotatable bonds is 8. The zero-order chi connectivity index (χ0) is 20.5. The average Bonchev–Trinajstić information content (AvgIpc) is 3.26. The monoisotopic (exact) mass is 416 g/mol. The number of benzene rings is 1. The maximum Gasteiger partial charge on any atom is 0.191 e. The lowest BCUT2D eigenvalue weighted by atomic mass is 10.1. The Balaban J connectivity index is 1.56. The molecular formula is C22H29ClN4O2. The molecule has 29 heavy (non-hydrogen) atoms. The maximum atomic E-state index is 6.30. The fourth-order valence-electron chi connectivity index (χ4n) is 3.45. The lowest BCUT2D eigenvalue weighted by molar-refractivity contribution is 0.198. The molecule has 0 radical (unpaired) electrons. The Morgan fingerprint density at radius 1 is 1.21 bits per heavy atom. The summed E-state index contributed by atoms with van der Waals surface area (Å²) in [6.07, 6.45) is 7.57. The molecule has 6 nitrogen and oxygen atoms in total. The Morgan fingerprint density at radius 2 is 2.03 bits per heavy atom. The van der Waals surface area contributed by atoms with E-state index in [1.165, 1.54) is 12.8 Å². The Kier molecular flexibility index (Phi) is 7.99. The molecule has 0 spiro atoms. The SMILES string of the molecule is CN=C(NCCc1ccc(Cl)nc1)NCc1cccc(OC)c1OC1CCCC1. The van der Waals surface area contributed by atoms with E-state index in [0.717, 1.165) is 54.4 Å². The number of aliphatic imine (C=N–C) groups is 1. The van der Waals surface area contributed by atoms with Gasteiger partial charge in [0.25, 0.3) is 0 Å². The van der Waals surface area contributed by atoms with Crippen molar-refractivity contribution in [1.82, 2.24) is 15.6 Å². The summed E-state index contributed by atoms with van der Waals surface area (Å²) in [4.78, 5) is 8.42. The van der Waals surface area contributed by atoms with E-state index in [4.69, 9.17) is 21.1 Å². The summed E-state index contributed by atoms with van der Waals surface area (Å²) in [6.45, 7) is 1.34. The fourth-order valence-corrected chi connectivity index (χ4v) is 3.56. The molecule has 1 aliphatic carbocycles. The molecule has 1 aliphatic rings. The number of hydrogen-bond acceptors (Lipinski definition) is 4. The quantitative estimate of drug-likeness (QED) is 0.387. The number of nitrogens with one attached hydrogen (secondary N) is 2. The van der Waals surface area contributed by atoms with Crippen LogP contribution in [-0.2, 0) is 13.0 Å². The first-order valence-electron chi connectivity index (χ1n) is 10.1. The van der Waals surface area contributed by atoms with Crippen molar-refractivity contribution in [1.29, 1.82) is 0 Å². The van der Waals surface area contributed by atoms with Gasteiger partial charge in [0.1, 0.15) is 5.15 Å². The number of methoxy groups -OCH3 is 1. The first kappa shape index (κ1) is 21.2. The van der Waals surface area contributed by atoms with E-state index in [-0.39, 0.29) is 6.10 Å². The van der Waals surface area contributed by atoms with Crippen molar-refractivity contribution in [2.75, 3.05) is 20.7 Å². The molecule has 0 aliphatic heterocycles. The smallest absolute Gasteiger partial charge is 0.191 e. The van der Waals surface area contributed by atoms with Gasteiger partial charge in [0.05, 0.1) is 13.2 Å². The molecular weight excluding hydrogens is 388 g/mol. The van der Waals surface area contributed by atoms with Crippen molar-refractivity contribution >= 4 is 17.6 Å². The summed E-state index contributed by atoms with van der Waals surface area (Å²) in [5.74, 6) is 2.34. The molecule has 0 amide bonds. The molecule has 7 heteroatoms. The molecule has 2 N–H and O–H groups in total. The van der Waals surface area contributed by atoms with Crippen LogP contribution in [0.3, 0.4) is 0 Å². The van der Waals surface area contributed by atoms with Crippen LogP contribution in [0.2, 0.25) is 5.15 Å². The van der Waals surface area contributed by atoms with Crippen LogP contribution in [0.15, 0.2) is 41.5 Å². The van der Waals surface area contributed by atoms with Gasteiger partial charge in [0, 0.05) is 31.9 Å². The van der Waals surface area contributed by atoms with Gasteiger partial charge in [-0.1, -0.05) is 29.8 Å². The van der Waals surface area contributed by atoms with E-state index >= 15 is 0 Å². The Bertz CT molecular complexity index is 805. The number of guanidine groups is 1. The number of aromatic nitrogens is 1. The van der Waals surface area contributed by atoms with E-state index < -0.39 is 0 Å². The van der Waals surface area contributed by atoms with Crippen LogP contribution in [0.25, 0.3) is 0 Å². The predicted molar refractivity (Wildman–Crippen MR) is 117 cm³/mol. The standard InChI is InChI=1S/C22H29ClN4O2/c1-24-22(25-13-12-16-10-11-20(23)26-14-16)27-15-17-6-5-9-19(28-2)21(17)29-18-7-3-4-8-18/h5-6,9-11,14,18H,3-4,7-8,12-13,15H2,1-2H3,(H2,24,25,27). The molecule has 2 aromatic rings. The zero-order valence-electron chi connectivity index (χ0n) is 17.1. The van der Waals surface area contributed by atoms with Crippen molar-refractivity contribution < 1.29 is 9.47 Å². The summed E-state index contributed by atoms with van der Waals surface area (Å²) in [7, 11) is 3.45. The lowest BCUT2D eigenvalue weighted by Gasteiger charge is -2.20. The van der Waals surface area contributed by atoms with Crippen LogP contribution >= 0.6 is 11.6 Å². The second-order valence-corrected chi connectivity index (χ2v) is 7.45. The molecule has 0 bridgehead atoms. The molecule has 0 unspecified atom stereocenters. The molecule has 1 aromatic carbocycles. The third-order valence-electron chi connectivity index (χ3n) is 5.03. The highest BCUT2D eigenvalue weighted by molar-refractivity contribution is 6.29. The molecule has 1 saturated carbocycles. The van der Waals surface area contributed by atoms with Crippen molar-refractivity contribution in [3.63, 3.8) is 0 Å². The highest BCUT2D eigenvalue weighted by Crippen LogP contribution is 2.34. The van der Waals surface area contributed by atoms with Crippen LogP contribution in [0.1, 0.15) is 36.8 Å². The fraction of sp³-hybridized carbons (Fsp3) is 0.455. The van der Waals surface area contributed by atoms with Crippen molar-refractivity contribution in [2.24, 2.45) is 4.99 Å². The number of hydrogen-bond donors (Lipinski definition) is 2. The Labute approximate surface area is 177 Å². The molecule has 1 aromatic heterocycles. The summed E-state index contributed by atoms with van der Waals surface area (Å²) in [5, 5.41) is 7.20. The molecule has 0 saturated heterocycles. The van der Waals surface area contributed by atoms with Crippen molar-refractivity contribution in [3.8, 4) is 11.5 Å². The highest BCUT2D eigenvalue weighted by atomic mass is 35.5. The molecule has 0 atom stereocenters. The third kappa shape index (κ3) is 6.26. The second-order valence-electron chi connectivity index (χ2n) is 7.06. The minimum atomic E-state index is 0.274. The third-order valence-corrected chi connectivity index (χ3v) is 5.26. The van der Waals surface area contributed by atoms with Gasteiger partial charge in [0.15, 0.2) is 17.5 Å². The van der Waals surface area contributed by atoms with E-state index in [0.29, 0.717) is 11.7 Å². The van der Waals surface area contributed by atoms with Crippen LogP contribution in [0.5, 0.6) is 11.5 Å². The predicted octanol–water partition coefficient (Wildman–Crippen LogP) is 3.97. The minimum absolute atomic E-state index is 0.274. The number of nitrogens with zero attached hydrogens (tertiary/aromatic N) is 2. The van der Waals surface area contributed by atoms with Gasteiger partial charge in [-0.2, -0.15) is 0 Å². The second kappa shape index (κ2) is 10.9. The van der Waals surface area contributed by atoms with Gasteiger partial charge in [-0.05, 0) is 49.8 Å². The van der Waals surface area contributed by atoms with E-state index in [1.807, 2.05) is 18.2 Å². The average molecular weight is 417 g/mol. The summed E-state index contributed by atoms with van der Waals surface area (Å²) >= 11 is 5.83. The number of ether oxygens (including phenoxy) is 2. The van der Waals surface area contributed by atoms with E-state index in [1.54, 1.807) is 26.4 Å². The largest absolute Gasteiger partial charge is 0.493 e. The Hall–Kier alpha value is -2.47. The molecule has 3 rings (SSSR count). The highest BCUT2D eigenvalue weighted by Gasteiger charge is 2.20. The van der Waals surface area contributed by atoms with Gasteiger partial charge >= 0.3 is 0 Å². The van der Waals surface area contributed by atoms with Gasteiger partial charge < -0.3 is 20.1 Å².